The van der Waals surface area contributed by atoms with Gasteiger partial charge in [0.25, 0.3) is 0 Å². The summed E-state index contributed by atoms with van der Waals surface area (Å²) in [6, 6.07) is 9.49. The molecule has 3 aliphatic rings. The Balaban J connectivity index is 1.11. The minimum atomic E-state index is -0.457. The molecule has 4 N–H and O–H groups in total. The quantitative estimate of drug-likeness (QED) is 0.503. The minimum Gasteiger partial charge on any atom is -0.338 e. The second-order valence-electron chi connectivity index (χ2n) is 10.8. The predicted molar refractivity (Wildman–Crippen MR) is 150 cm³/mol. The lowest BCUT2D eigenvalue weighted by molar-refractivity contribution is -0.134. The minimum absolute atomic E-state index is 0.0959. The second-order valence-corrected chi connectivity index (χ2v) is 10.8. The summed E-state index contributed by atoms with van der Waals surface area (Å²) in [4.78, 5) is 48.1. The molecule has 2 aromatic rings. The maximum Gasteiger partial charge on any atom is 0.354 e. The van der Waals surface area contributed by atoms with Gasteiger partial charge in [0.05, 0.1) is 11.7 Å². The van der Waals surface area contributed by atoms with Crippen LogP contribution in [0, 0.1) is 0 Å². The molecule has 0 spiro atoms. The van der Waals surface area contributed by atoms with E-state index in [4.69, 9.17) is 5.73 Å². The Kier molecular flexibility index (Phi) is 8.90. The number of aromatic nitrogens is 2. The Morgan fingerprint density at radius 3 is 2.44 bits per heavy atom. The third-order valence-electron chi connectivity index (χ3n) is 8.07. The van der Waals surface area contributed by atoms with E-state index in [1.54, 1.807) is 17.2 Å². The van der Waals surface area contributed by atoms with E-state index in [2.05, 4.69) is 20.5 Å². The number of hydrogen-bond acceptors (Lipinski definition) is 7. The van der Waals surface area contributed by atoms with Crippen molar-refractivity contribution in [3.8, 4) is 5.69 Å². The van der Waals surface area contributed by atoms with Crippen LogP contribution in [0.25, 0.3) is 5.69 Å². The zero-order valence-electron chi connectivity index (χ0n) is 22.6. The molecule has 5 rings (SSSR count). The van der Waals surface area contributed by atoms with Gasteiger partial charge in [-0.1, -0.05) is 12.1 Å². The van der Waals surface area contributed by atoms with Crippen molar-refractivity contribution in [1.82, 2.24) is 29.6 Å². The molecule has 0 saturated carbocycles. The summed E-state index contributed by atoms with van der Waals surface area (Å²) in [7, 11) is 0. The molecule has 210 valence electrons. The first kappa shape index (κ1) is 27.3. The van der Waals surface area contributed by atoms with E-state index >= 15 is 0 Å². The van der Waals surface area contributed by atoms with Crippen molar-refractivity contribution in [2.24, 2.45) is 5.73 Å². The third-order valence-corrected chi connectivity index (χ3v) is 8.07. The topological polar surface area (TPSA) is 129 Å². The van der Waals surface area contributed by atoms with Crippen molar-refractivity contribution in [2.75, 3.05) is 57.7 Å². The molecule has 1 unspecified atom stereocenters. The summed E-state index contributed by atoms with van der Waals surface area (Å²) >= 11 is 0. The first-order chi connectivity index (χ1) is 19.0. The summed E-state index contributed by atoms with van der Waals surface area (Å²) in [5.74, 6) is 0.331. The van der Waals surface area contributed by atoms with Crippen LogP contribution in [0.4, 0.5) is 10.6 Å². The largest absolute Gasteiger partial charge is 0.354 e. The fourth-order valence-corrected chi connectivity index (χ4v) is 5.62. The second kappa shape index (κ2) is 12.7. The van der Waals surface area contributed by atoms with Gasteiger partial charge in [-0.2, -0.15) is 4.98 Å². The number of carbonyl (C=O) groups excluding carboxylic acids is 2. The van der Waals surface area contributed by atoms with Gasteiger partial charge in [-0.3, -0.25) is 14.7 Å². The van der Waals surface area contributed by atoms with E-state index in [0.29, 0.717) is 32.2 Å². The maximum absolute atomic E-state index is 12.8. The number of benzene rings is 1. The molecule has 1 aromatic heterocycles. The molecule has 2 atom stereocenters. The predicted octanol–water partition coefficient (Wildman–Crippen LogP) is 1.02. The van der Waals surface area contributed by atoms with Gasteiger partial charge in [0.15, 0.2) is 0 Å². The number of amides is 3. The first-order valence-electron chi connectivity index (χ1n) is 14.2. The number of carbonyl (C=O) groups is 2. The van der Waals surface area contributed by atoms with Gasteiger partial charge in [0.2, 0.25) is 5.91 Å². The first-order valence-corrected chi connectivity index (χ1v) is 14.2. The van der Waals surface area contributed by atoms with Crippen LogP contribution in [0.3, 0.4) is 0 Å². The van der Waals surface area contributed by atoms with Crippen molar-refractivity contribution in [1.29, 1.82) is 0 Å². The highest BCUT2D eigenvalue weighted by Crippen LogP contribution is 2.14. The van der Waals surface area contributed by atoms with Crippen LogP contribution in [0.2, 0.25) is 0 Å². The third kappa shape index (κ3) is 7.03. The number of likely N-dealkylation sites (tertiary alicyclic amines) is 1. The molecule has 3 aliphatic heterocycles. The van der Waals surface area contributed by atoms with E-state index in [0.717, 1.165) is 70.4 Å². The van der Waals surface area contributed by atoms with E-state index in [1.165, 1.54) is 10.1 Å². The maximum atomic E-state index is 12.8. The average molecular weight is 537 g/mol. The summed E-state index contributed by atoms with van der Waals surface area (Å²) in [6.07, 6.45) is 7.79. The van der Waals surface area contributed by atoms with Crippen molar-refractivity contribution in [3.05, 3.63) is 52.6 Å². The molecule has 4 heterocycles. The van der Waals surface area contributed by atoms with Gasteiger partial charge in [-0.15, -0.1) is 0 Å². The van der Waals surface area contributed by atoms with Crippen LogP contribution in [-0.2, 0) is 11.2 Å². The zero-order valence-corrected chi connectivity index (χ0v) is 22.6. The van der Waals surface area contributed by atoms with Gasteiger partial charge in [-0.05, 0) is 81.9 Å². The Morgan fingerprint density at radius 2 is 1.72 bits per heavy atom. The lowest BCUT2D eigenvalue weighted by atomic mass is 10.1. The highest BCUT2D eigenvalue weighted by Gasteiger charge is 2.30. The summed E-state index contributed by atoms with van der Waals surface area (Å²) in [5, 5.41) is 5.97. The Morgan fingerprint density at radius 1 is 0.949 bits per heavy atom. The van der Waals surface area contributed by atoms with Crippen molar-refractivity contribution < 1.29 is 9.59 Å². The van der Waals surface area contributed by atoms with Crippen molar-refractivity contribution in [2.45, 2.75) is 50.6 Å². The van der Waals surface area contributed by atoms with E-state index in [9.17, 15) is 14.4 Å². The molecule has 0 radical (unpaired) electrons. The SMILES string of the molecule is NC1CCCN(CCc2ccc(-n3ccc(NC(=O)N4CCN(C(=O)[C@@H]5CCCN5)CC4)nc3=O)cc2)CC1. The van der Waals surface area contributed by atoms with Crippen LogP contribution in [0.5, 0.6) is 0 Å². The van der Waals surface area contributed by atoms with Gasteiger partial charge in [0.1, 0.15) is 5.82 Å². The Hall–Kier alpha value is -3.28. The standard InChI is InChI=1S/C28H40N8O3/c29-22-3-2-13-33(15-10-22)14-9-21-5-7-23(8-6-21)36-16-11-25(32-28(36)39)31-27(38)35-19-17-34(18-20-35)26(37)24-4-1-12-30-24/h5-8,11,16,22,24,30H,1-4,9-10,12-15,17-20,29H2,(H,31,32,38,39)/t22?,24-/m0/s1. The van der Waals surface area contributed by atoms with E-state index in [1.807, 2.05) is 29.2 Å². The highest BCUT2D eigenvalue weighted by atomic mass is 16.2. The number of rotatable bonds is 6. The Bertz CT molecular complexity index is 1190. The molecule has 39 heavy (non-hydrogen) atoms. The van der Waals surface area contributed by atoms with Gasteiger partial charge < -0.3 is 25.8 Å². The number of nitrogens with two attached hydrogens (primary N) is 1. The van der Waals surface area contributed by atoms with Gasteiger partial charge >= 0.3 is 11.7 Å². The molecule has 0 aliphatic carbocycles. The van der Waals surface area contributed by atoms with Gasteiger partial charge in [0, 0.05) is 45.0 Å². The van der Waals surface area contributed by atoms with Crippen LogP contribution < -0.4 is 22.1 Å². The van der Waals surface area contributed by atoms with Crippen LogP contribution in [-0.4, -0.2) is 101 Å². The van der Waals surface area contributed by atoms with Crippen LogP contribution >= 0.6 is 0 Å². The zero-order chi connectivity index (χ0) is 27.2. The van der Waals surface area contributed by atoms with Gasteiger partial charge in [-0.25, -0.2) is 9.59 Å². The van der Waals surface area contributed by atoms with Crippen molar-refractivity contribution >= 4 is 17.8 Å². The molecular formula is C28H40N8O3. The fraction of sp³-hybridized carbons (Fsp3) is 0.571. The fourth-order valence-electron chi connectivity index (χ4n) is 5.62. The number of anilines is 1. The lowest BCUT2D eigenvalue weighted by Gasteiger charge is -2.35. The van der Waals surface area contributed by atoms with Crippen molar-refractivity contribution in [3.63, 3.8) is 0 Å². The van der Waals surface area contributed by atoms with Crippen LogP contribution in [0.15, 0.2) is 41.3 Å². The average Bonchev–Trinajstić information content (AvgIpc) is 3.41. The van der Waals surface area contributed by atoms with E-state index in [-0.39, 0.29) is 23.8 Å². The molecular weight excluding hydrogens is 496 g/mol. The van der Waals surface area contributed by atoms with Crippen LogP contribution in [0.1, 0.15) is 37.7 Å². The smallest absolute Gasteiger partial charge is 0.338 e. The lowest BCUT2D eigenvalue weighted by Crippen LogP contribution is -2.55. The molecule has 1 aromatic carbocycles. The molecule has 0 bridgehead atoms. The Labute approximate surface area is 229 Å². The number of piperazine rings is 1. The molecule has 11 nitrogen and oxygen atoms in total. The summed E-state index contributed by atoms with van der Waals surface area (Å²) < 4.78 is 1.47. The number of hydrogen-bond donors (Lipinski definition) is 3. The molecule has 11 heteroatoms. The highest BCUT2D eigenvalue weighted by molar-refractivity contribution is 5.88. The van der Waals surface area contributed by atoms with E-state index < -0.39 is 5.69 Å². The number of urea groups is 1. The molecule has 3 fully saturated rings. The number of nitrogens with zero attached hydrogens (tertiary/aromatic N) is 5. The number of nitrogens with one attached hydrogen (secondary N) is 2. The monoisotopic (exact) mass is 536 g/mol. The summed E-state index contributed by atoms with van der Waals surface area (Å²) in [5.41, 5.74) is 7.58. The molecule has 3 amide bonds. The molecule has 3 saturated heterocycles. The summed E-state index contributed by atoms with van der Waals surface area (Å²) in [6.45, 7) is 5.93. The normalized spacial score (nSPS) is 22.5.